The van der Waals surface area contributed by atoms with E-state index in [0.717, 1.165) is 18.4 Å². The number of amides is 2. The van der Waals surface area contributed by atoms with Crippen LogP contribution in [0.5, 0.6) is 11.5 Å². The lowest BCUT2D eigenvalue weighted by molar-refractivity contribution is -0.123. The molecule has 0 saturated carbocycles. The molecule has 1 unspecified atom stereocenters. The van der Waals surface area contributed by atoms with Crippen LogP contribution in [0.15, 0.2) is 42.5 Å². The molecule has 2 amide bonds. The summed E-state index contributed by atoms with van der Waals surface area (Å²) in [5.74, 6) is 1.29. The number of carbonyl (C=O) groups is 2. The van der Waals surface area contributed by atoms with Gasteiger partial charge in [0.2, 0.25) is 5.91 Å². The maximum absolute atomic E-state index is 13.3. The van der Waals surface area contributed by atoms with Crippen molar-refractivity contribution in [1.82, 2.24) is 4.90 Å². The SMILES string of the molecule is COc1ccc(C2CCCN2C(=O)c2cccc(NC(=O)C(C)(C)C)c2)c(OC)c1. The van der Waals surface area contributed by atoms with E-state index >= 15 is 0 Å². The first-order chi connectivity index (χ1) is 14.2. The lowest BCUT2D eigenvalue weighted by atomic mass is 9.95. The van der Waals surface area contributed by atoms with E-state index in [1.54, 1.807) is 38.5 Å². The summed E-state index contributed by atoms with van der Waals surface area (Å²) in [5.41, 5.74) is 1.64. The minimum Gasteiger partial charge on any atom is -0.497 e. The number of anilines is 1. The van der Waals surface area contributed by atoms with Gasteiger partial charge in [0.1, 0.15) is 11.5 Å². The van der Waals surface area contributed by atoms with E-state index in [4.69, 9.17) is 9.47 Å². The average Bonchev–Trinajstić information content (AvgIpc) is 3.21. The highest BCUT2D eigenvalue weighted by atomic mass is 16.5. The van der Waals surface area contributed by atoms with Gasteiger partial charge in [-0.25, -0.2) is 0 Å². The van der Waals surface area contributed by atoms with E-state index in [1.165, 1.54) is 0 Å². The third-order valence-electron chi connectivity index (χ3n) is 5.36. The molecule has 1 aliphatic rings. The molecule has 0 bridgehead atoms. The van der Waals surface area contributed by atoms with Gasteiger partial charge in [-0.15, -0.1) is 0 Å². The van der Waals surface area contributed by atoms with Crippen molar-refractivity contribution in [3.63, 3.8) is 0 Å². The van der Waals surface area contributed by atoms with E-state index in [1.807, 2.05) is 43.9 Å². The van der Waals surface area contributed by atoms with Gasteiger partial charge in [-0.3, -0.25) is 9.59 Å². The molecular weight excluding hydrogens is 380 g/mol. The number of rotatable bonds is 5. The van der Waals surface area contributed by atoms with Crippen molar-refractivity contribution in [1.29, 1.82) is 0 Å². The van der Waals surface area contributed by atoms with Crippen molar-refractivity contribution in [3.8, 4) is 11.5 Å². The van der Waals surface area contributed by atoms with E-state index in [0.29, 0.717) is 29.3 Å². The molecule has 1 N–H and O–H groups in total. The quantitative estimate of drug-likeness (QED) is 0.778. The molecule has 2 aromatic rings. The van der Waals surface area contributed by atoms with Crippen molar-refractivity contribution >= 4 is 17.5 Å². The molecule has 0 spiro atoms. The summed E-state index contributed by atoms with van der Waals surface area (Å²) in [6.45, 7) is 6.24. The number of ether oxygens (including phenoxy) is 2. The second kappa shape index (κ2) is 8.78. The molecule has 160 valence electrons. The van der Waals surface area contributed by atoms with Gasteiger partial charge in [0.05, 0.1) is 20.3 Å². The van der Waals surface area contributed by atoms with Gasteiger partial charge >= 0.3 is 0 Å². The zero-order valence-electron chi connectivity index (χ0n) is 18.3. The number of nitrogens with zero attached hydrogens (tertiary/aromatic N) is 1. The van der Waals surface area contributed by atoms with Crippen LogP contribution in [0.2, 0.25) is 0 Å². The number of hydrogen-bond donors (Lipinski definition) is 1. The van der Waals surface area contributed by atoms with Gasteiger partial charge in [0.15, 0.2) is 0 Å². The van der Waals surface area contributed by atoms with Crippen LogP contribution in [-0.2, 0) is 4.79 Å². The first-order valence-electron chi connectivity index (χ1n) is 10.2. The monoisotopic (exact) mass is 410 g/mol. The smallest absolute Gasteiger partial charge is 0.254 e. The second-order valence-electron chi connectivity index (χ2n) is 8.55. The molecule has 3 rings (SSSR count). The Balaban J connectivity index is 1.85. The van der Waals surface area contributed by atoms with Crippen molar-refractivity contribution in [2.24, 2.45) is 5.41 Å². The number of methoxy groups -OCH3 is 2. The Labute approximate surface area is 178 Å². The second-order valence-corrected chi connectivity index (χ2v) is 8.55. The number of carbonyl (C=O) groups excluding carboxylic acids is 2. The topological polar surface area (TPSA) is 67.9 Å². The number of hydrogen-bond acceptors (Lipinski definition) is 4. The zero-order valence-corrected chi connectivity index (χ0v) is 18.3. The Hall–Kier alpha value is -3.02. The third kappa shape index (κ3) is 4.58. The summed E-state index contributed by atoms with van der Waals surface area (Å²) in [7, 11) is 3.24. The van der Waals surface area contributed by atoms with Gasteiger partial charge in [0.25, 0.3) is 5.91 Å². The van der Waals surface area contributed by atoms with Crippen LogP contribution in [0.1, 0.15) is 55.6 Å². The number of likely N-dealkylation sites (tertiary alicyclic amines) is 1. The van der Waals surface area contributed by atoms with Crippen LogP contribution in [0.4, 0.5) is 5.69 Å². The summed E-state index contributed by atoms with van der Waals surface area (Å²) in [6.07, 6.45) is 1.79. The van der Waals surface area contributed by atoms with Crippen LogP contribution >= 0.6 is 0 Å². The van der Waals surface area contributed by atoms with Crippen LogP contribution in [0.3, 0.4) is 0 Å². The highest BCUT2D eigenvalue weighted by molar-refractivity contribution is 5.98. The molecule has 6 heteroatoms. The van der Waals surface area contributed by atoms with Crippen LogP contribution in [-0.4, -0.2) is 37.5 Å². The zero-order chi connectivity index (χ0) is 21.9. The van der Waals surface area contributed by atoms with Gasteiger partial charge in [-0.2, -0.15) is 0 Å². The van der Waals surface area contributed by atoms with Crippen molar-refractivity contribution < 1.29 is 19.1 Å². The van der Waals surface area contributed by atoms with Gasteiger partial charge < -0.3 is 19.7 Å². The van der Waals surface area contributed by atoms with E-state index < -0.39 is 5.41 Å². The normalized spacial score (nSPS) is 16.3. The summed E-state index contributed by atoms with van der Waals surface area (Å²) in [6, 6.07) is 12.8. The molecule has 1 fully saturated rings. The maximum Gasteiger partial charge on any atom is 0.254 e. The predicted octanol–water partition coefficient (Wildman–Crippen LogP) is 4.67. The summed E-state index contributed by atoms with van der Waals surface area (Å²) < 4.78 is 10.9. The van der Waals surface area contributed by atoms with Crippen LogP contribution in [0.25, 0.3) is 0 Å². The van der Waals surface area contributed by atoms with Crippen LogP contribution in [0, 0.1) is 5.41 Å². The molecule has 0 aliphatic carbocycles. The molecular formula is C24H30N2O4. The lowest BCUT2D eigenvalue weighted by Crippen LogP contribution is -2.31. The summed E-state index contributed by atoms with van der Waals surface area (Å²) >= 11 is 0. The van der Waals surface area contributed by atoms with Gasteiger partial charge in [-0.1, -0.05) is 26.8 Å². The van der Waals surface area contributed by atoms with E-state index in [-0.39, 0.29) is 17.9 Å². The Bertz CT molecular complexity index is 933. The first kappa shape index (κ1) is 21.7. The molecule has 6 nitrogen and oxygen atoms in total. The fraction of sp³-hybridized carbons (Fsp3) is 0.417. The largest absolute Gasteiger partial charge is 0.497 e. The molecule has 2 aromatic carbocycles. The molecule has 1 heterocycles. The highest BCUT2D eigenvalue weighted by Gasteiger charge is 2.32. The molecule has 1 aliphatic heterocycles. The van der Waals surface area contributed by atoms with E-state index in [9.17, 15) is 9.59 Å². The Kier molecular flexibility index (Phi) is 6.34. The Morgan fingerprint density at radius 1 is 1.07 bits per heavy atom. The highest BCUT2D eigenvalue weighted by Crippen LogP contribution is 2.39. The molecule has 1 saturated heterocycles. The van der Waals surface area contributed by atoms with Crippen LogP contribution < -0.4 is 14.8 Å². The van der Waals surface area contributed by atoms with Gasteiger partial charge in [0, 0.05) is 34.8 Å². The Morgan fingerprint density at radius 2 is 1.83 bits per heavy atom. The molecule has 1 atom stereocenters. The summed E-state index contributed by atoms with van der Waals surface area (Å²) in [4.78, 5) is 27.5. The fourth-order valence-corrected chi connectivity index (χ4v) is 3.64. The first-order valence-corrected chi connectivity index (χ1v) is 10.2. The third-order valence-corrected chi connectivity index (χ3v) is 5.36. The molecule has 0 radical (unpaired) electrons. The maximum atomic E-state index is 13.3. The number of nitrogens with one attached hydrogen (secondary N) is 1. The lowest BCUT2D eigenvalue weighted by Gasteiger charge is -2.27. The molecule has 30 heavy (non-hydrogen) atoms. The average molecular weight is 411 g/mol. The van der Waals surface area contributed by atoms with E-state index in [2.05, 4.69) is 5.32 Å². The minimum absolute atomic E-state index is 0.0535. The number of benzene rings is 2. The van der Waals surface area contributed by atoms with Crippen molar-refractivity contribution in [2.75, 3.05) is 26.1 Å². The Morgan fingerprint density at radius 3 is 2.50 bits per heavy atom. The van der Waals surface area contributed by atoms with Crippen molar-refractivity contribution in [3.05, 3.63) is 53.6 Å². The summed E-state index contributed by atoms with van der Waals surface area (Å²) in [5, 5.41) is 2.90. The standard InChI is InChI=1S/C24H30N2O4/c1-24(2,3)23(28)25-17-9-6-8-16(14-17)22(27)26-13-7-10-20(26)19-12-11-18(29-4)15-21(19)30-5/h6,8-9,11-12,14-15,20H,7,10,13H2,1-5H3,(H,25,28). The minimum atomic E-state index is -0.509. The predicted molar refractivity (Wildman–Crippen MR) is 117 cm³/mol. The van der Waals surface area contributed by atoms with Gasteiger partial charge in [-0.05, 0) is 43.2 Å². The fourth-order valence-electron chi connectivity index (χ4n) is 3.64. The molecule has 0 aromatic heterocycles. The van der Waals surface area contributed by atoms with Crippen molar-refractivity contribution in [2.45, 2.75) is 39.7 Å².